The zero-order valence-corrected chi connectivity index (χ0v) is 15.3. The highest BCUT2D eigenvalue weighted by Crippen LogP contribution is 2.26. The molecule has 0 aromatic carbocycles. The molecule has 3 rings (SSSR count). The number of piperidine rings is 1. The van der Waals surface area contributed by atoms with Gasteiger partial charge in [-0.05, 0) is 30.4 Å². The lowest BCUT2D eigenvalue weighted by Crippen LogP contribution is -2.59. The molecule has 1 aliphatic rings. The third-order valence-electron chi connectivity index (χ3n) is 4.59. The van der Waals surface area contributed by atoms with Gasteiger partial charge in [0, 0.05) is 32.4 Å². The smallest absolute Gasteiger partial charge is 0.255 e. The topological polar surface area (TPSA) is 69.9 Å². The monoisotopic (exact) mass is 344 g/mol. The minimum Gasteiger partial charge on any atom is -0.379 e. The summed E-state index contributed by atoms with van der Waals surface area (Å²) in [6.45, 7) is 8.53. The van der Waals surface area contributed by atoms with E-state index in [-0.39, 0.29) is 17.9 Å². The number of hydrogen-bond acceptors (Lipinski definition) is 4. The van der Waals surface area contributed by atoms with E-state index in [1.54, 1.807) is 4.90 Å². The number of nitrogens with one attached hydrogen (secondary N) is 1. The largest absolute Gasteiger partial charge is 0.379 e. The van der Waals surface area contributed by atoms with Crippen LogP contribution in [0.1, 0.15) is 39.3 Å². The first-order valence-electron chi connectivity index (χ1n) is 8.92. The van der Waals surface area contributed by atoms with Gasteiger partial charge in [0.2, 0.25) is 0 Å². The molecule has 1 atom stereocenters. The van der Waals surface area contributed by atoms with E-state index < -0.39 is 5.60 Å². The molecule has 0 aliphatic carbocycles. The second-order valence-corrected chi connectivity index (χ2v) is 8.20. The van der Waals surface area contributed by atoms with Crippen LogP contribution in [-0.2, 0) is 11.3 Å². The number of carbonyl (C=O) groups excluding carboxylic acids is 1. The second kappa shape index (κ2) is 6.77. The third kappa shape index (κ3) is 4.02. The Bertz CT molecular complexity index is 749. The number of carbonyl (C=O) groups is 1. The highest BCUT2D eigenvalue weighted by molar-refractivity contribution is 5.86. The first kappa shape index (κ1) is 17.9. The van der Waals surface area contributed by atoms with Crippen LogP contribution < -0.4 is 5.32 Å². The molecule has 1 fully saturated rings. The molecule has 3 heterocycles. The molecule has 1 saturated heterocycles. The van der Waals surface area contributed by atoms with Gasteiger partial charge in [0.15, 0.2) is 5.60 Å². The lowest BCUT2D eigenvalue weighted by molar-refractivity contribution is -0.158. The van der Waals surface area contributed by atoms with Gasteiger partial charge in [-0.25, -0.2) is 4.98 Å². The lowest BCUT2D eigenvalue weighted by atomic mass is 9.88. The molecule has 1 amide bonds. The Balaban J connectivity index is 1.62. The summed E-state index contributed by atoms with van der Waals surface area (Å²) in [5, 5.41) is 14.1. The number of fused-ring (bicyclic) bond motifs is 1. The molecule has 0 spiro atoms. The number of aliphatic hydroxyl groups is 1. The van der Waals surface area contributed by atoms with Crippen LogP contribution in [0.2, 0.25) is 0 Å². The number of hydrogen-bond donors (Lipinski definition) is 2. The number of likely N-dealkylation sites (tertiary alicyclic amines) is 1. The molecule has 6 nitrogen and oxygen atoms in total. The number of imidazole rings is 1. The third-order valence-corrected chi connectivity index (χ3v) is 4.59. The molecule has 0 saturated carbocycles. The van der Waals surface area contributed by atoms with Crippen molar-refractivity contribution < 1.29 is 9.90 Å². The van der Waals surface area contributed by atoms with E-state index in [1.807, 2.05) is 35.0 Å². The molecule has 1 aliphatic heterocycles. The SMILES string of the molecule is CC(C)(C)CN1CCCC(O)(CNCc2cnc3ccccn23)C1=O. The fourth-order valence-electron chi connectivity index (χ4n) is 3.47. The molecule has 136 valence electrons. The van der Waals surface area contributed by atoms with Gasteiger partial charge in [-0.15, -0.1) is 0 Å². The van der Waals surface area contributed by atoms with Crippen LogP contribution in [0.15, 0.2) is 30.6 Å². The van der Waals surface area contributed by atoms with Crippen molar-refractivity contribution in [3.8, 4) is 0 Å². The van der Waals surface area contributed by atoms with E-state index in [4.69, 9.17) is 0 Å². The lowest BCUT2D eigenvalue weighted by Gasteiger charge is -2.41. The molecule has 0 bridgehead atoms. The van der Waals surface area contributed by atoms with Gasteiger partial charge < -0.3 is 19.7 Å². The van der Waals surface area contributed by atoms with Gasteiger partial charge in [-0.3, -0.25) is 4.79 Å². The highest BCUT2D eigenvalue weighted by Gasteiger charge is 2.42. The predicted molar refractivity (Wildman–Crippen MR) is 97.1 cm³/mol. The van der Waals surface area contributed by atoms with Gasteiger partial charge in [0.05, 0.1) is 11.9 Å². The number of rotatable bonds is 5. The van der Waals surface area contributed by atoms with Crippen LogP contribution in [0, 0.1) is 5.41 Å². The highest BCUT2D eigenvalue weighted by atomic mass is 16.3. The summed E-state index contributed by atoms with van der Waals surface area (Å²) in [5.41, 5.74) is 0.610. The van der Waals surface area contributed by atoms with Crippen LogP contribution in [0.3, 0.4) is 0 Å². The first-order valence-corrected chi connectivity index (χ1v) is 8.92. The van der Waals surface area contributed by atoms with Crippen LogP contribution in [0.4, 0.5) is 0 Å². The number of aromatic nitrogens is 2. The van der Waals surface area contributed by atoms with Gasteiger partial charge >= 0.3 is 0 Å². The van der Waals surface area contributed by atoms with E-state index in [0.717, 1.165) is 24.3 Å². The maximum absolute atomic E-state index is 12.7. The van der Waals surface area contributed by atoms with Crippen LogP contribution in [0.25, 0.3) is 5.65 Å². The number of amides is 1. The zero-order valence-electron chi connectivity index (χ0n) is 15.3. The van der Waals surface area contributed by atoms with E-state index in [0.29, 0.717) is 19.5 Å². The maximum atomic E-state index is 12.7. The summed E-state index contributed by atoms with van der Waals surface area (Å²) in [5.74, 6) is -0.153. The van der Waals surface area contributed by atoms with Crippen LogP contribution >= 0.6 is 0 Å². The van der Waals surface area contributed by atoms with Crippen molar-refractivity contribution in [2.45, 2.75) is 45.8 Å². The van der Waals surface area contributed by atoms with Crippen molar-refractivity contribution in [1.82, 2.24) is 19.6 Å². The van der Waals surface area contributed by atoms with Crippen molar-refractivity contribution in [2.75, 3.05) is 19.6 Å². The molecular weight excluding hydrogens is 316 g/mol. The molecule has 2 aromatic heterocycles. The Hall–Kier alpha value is -1.92. The molecule has 0 radical (unpaired) electrons. The normalized spacial score (nSPS) is 21.9. The molecule has 6 heteroatoms. The van der Waals surface area contributed by atoms with E-state index in [9.17, 15) is 9.90 Å². The van der Waals surface area contributed by atoms with Crippen molar-refractivity contribution >= 4 is 11.6 Å². The van der Waals surface area contributed by atoms with Gasteiger partial charge in [0.25, 0.3) is 5.91 Å². The van der Waals surface area contributed by atoms with Gasteiger partial charge in [0.1, 0.15) is 5.65 Å². The summed E-state index contributed by atoms with van der Waals surface area (Å²) in [7, 11) is 0. The average molecular weight is 344 g/mol. The van der Waals surface area contributed by atoms with Gasteiger partial charge in [-0.1, -0.05) is 26.8 Å². The van der Waals surface area contributed by atoms with Crippen molar-refractivity contribution in [1.29, 1.82) is 0 Å². The zero-order chi connectivity index (χ0) is 18.1. The van der Waals surface area contributed by atoms with Crippen LogP contribution in [0.5, 0.6) is 0 Å². The van der Waals surface area contributed by atoms with Gasteiger partial charge in [-0.2, -0.15) is 0 Å². The fraction of sp³-hybridized carbons (Fsp3) is 0.579. The Morgan fingerprint density at radius 3 is 2.92 bits per heavy atom. The Labute approximate surface area is 148 Å². The summed E-state index contributed by atoms with van der Waals surface area (Å²) in [4.78, 5) is 18.9. The van der Waals surface area contributed by atoms with Crippen molar-refractivity contribution in [2.24, 2.45) is 5.41 Å². The molecule has 1 unspecified atom stereocenters. The van der Waals surface area contributed by atoms with Crippen molar-refractivity contribution in [3.05, 3.63) is 36.3 Å². The predicted octanol–water partition coefficient (Wildman–Crippen LogP) is 1.82. The molecular formula is C19H28N4O2. The average Bonchev–Trinajstić information content (AvgIpc) is 2.94. The van der Waals surface area contributed by atoms with E-state index >= 15 is 0 Å². The summed E-state index contributed by atoms with van der Waals surface area (Å²) in [6.07, 6.45) is 5.12. The number of nitrogens with zero attached hydrogens (tertiary/aromatic N) is 3. The standard InChI is InChI=1S/C19H28N4O2/c1-18(2,3)14-22-9-6-8-19(25,17(22)24)13-20-11-15-12-21-16-7-4-5-10-23(15)16/h4-5,7,10,12,20,25H,6,8-9,11,13-14H2,1-3H3. The fourth-order valence-corrected chi connectivity index (χ4v) is 3.47. The number of pyridine rings is 1. The Morgan fingerprint density at radius 2 is 2.16 bits per heavy atom. The van der Waals surface area contributed by atoms with E-state index in [1.165, 1.54) is 0 Å². The minimum atomic E-state index is -1.32. The second-order valence-electron chi connectivity index (χ2n) is 8.20. The summed E-state index contributed by atoms with van der Waals surface area (Å²) < 4.78 is 2.01. The minimum absolute atomic E-state index is 0.0256. The van der Waals surface area contributed by atoms with E-state index in [2.05, 4.69) is 31.1 Å². The first-order chi connectivity index (χ1) is 11.8. The van der Waals surface area contributed by atoms with Crippen molar-refractivity contribution in [3.63, 3.8) is 0 Å². The summed E-state index contributed by atoms with van der Waals surface area (Å²) >= 11 is 0. The Morgan fingerprint density at radius 1 is 1.36 bits per heavy atom. The summed E-state index contributed by atoms with van der Waals surface area (Å²) in [6, 6.07) is 5.86. The van der Waals surface area contributed by atoms with Crippen LogP contribution in [-0.4, -0.2) is 50.5 Å². The molecule has 25 heavy (non-hydrogen) atoms. The maximum Gasteiger partial charge on any atom is 0.255 e. The quantitative estimate of drug-likeness (QED) is 0.868. The molecule has 2 aromatic rings. The Kier molecular flexibility index (Phi) is 4.84. The molecule has 2 N–H and O–H groups in total.